The van der Waals surface area contributed by atoms with E-state index in [1.165, 1.54) is 31.2 Å². The molecule has 18 heavy (non-hydrogen) atoms. The van der Waals surface area contributed by atoms with Crippen LogP contribution in [-0.4, -0.2) is 6.04 Å². The molecule has 0 aliphatic carbocycles. The molecule has 1 rings (SSSR count). The van der Waals surface area contributed by atoms with Crippen molar-refractivity contribution in [3.8, 4) is 0 Å². The number of halogens is 1. The Kier molecular flexibility index (Phi) is 7.38. The van der Waals surface area contributed by atoms with Crippen molar-refractivity contribution in [2.24, 2.45) is 0 Å². The summed E-state index contributed by atoms with van der Waals surface area (Å²) in [5, 5.41) is 4.53. The van der Waals surface area contributed by atoms with Gasteiger partial charge in [-0.1, -0.05) is 56.8 Å². The molecule has 2 unspecified atom stereocenters. The zero-order valence-corrected chi connectivity index (χ0v) is 12.6. The fraction of sp³-hybridized carbons (Fsp3) is 0.625. The Labute approximate surface area is 117 Å². The summed E-state index contributed by atoms with van der Waals surface area (Å²) in [7, 11) is 0. The van der Waals surface area contributed by atoms with Crippen LogP contribution in [0.4, 0.5) is 0 Å². The Hall–Kier alpha value is -0.530. The van der Waals surface area contributed by atoms with E-state index in [2.05, 4.69) is 38.2 Å². The largest absolute Gasteiger partial charge is 0.307 e. The van der Waals surface area contributed by atoms with E-state index in [1.807, 2.05) is 12.1 Å². The van der Waals surface area contributed by atoms with Crippen LogP contribution < -0.4 is 5.32 Å². The number of unbranched alkanes of at least 4 members (excludes halogenated alkanes) is 2. The van der Waals surface area contributed by atoms with Crippen molar-refractivity contribution in [2.75, 3.05) is 0 Å². The molecular formula is C16H26ClN. The molecule has 0 amide bonds. The summed E-state index contributed by atoms with van der Waals surface area (Å²) in [5.74, 6) is 0. The summed E-state index contributed by atoms with van der Waals surface area (Å²) in [6.45, 7) is 6.76. The molecule has 102 valence electrons. The molecule has 0 aromatic heterocycles. The van der Waals surface area contributed by atoms with Gasteiger partial charge in [0.25, 0.3) is 0 Å². The Balaban J connectivity index is 2.48. The summed E-state index contributed by atoms with van der Waals surface area (Å²) in [6, 6.07) is 9.23. The van der Waals surface area contributed by atoms with E-state index in [1.54, 1.807) is 0 Å². The van der Waals surface area contributed by atoms with Gasteiger partial charge in [0.15, 0.2) is 0 Å². The maximum absolute atomic E-state index is 5.93. The number of rotatable bonds is 8. The quantitative estimate of drug-likeness (QED) is 0.626. The molecule has 1 N–H and O–H groups in total. The van der Waals surface area contributed by atoms with Gasteiger partial charge in [-0.25, -0.2) is 0 Å². The summed E-state index contributed by atoms with van der Waals surface area (Å²) < 4.78 is 0. The summed E-state index contributed by atoms with van der Waals surface area (Å²) in [6.07, 6.45) is 6.32. The summed E-state index contributed by atoms with van der Waals surface area (Å²) >= 11 is 5.93. The van der Waals surface area contributed by atoms with Gasteiger partial charge >= 0.3 is 0 Å². The van der Waals surface area contributed by atoms with Crippen LogP contribution in [0, 0.1) is 0 Å². The van der Waals surface area contributed by atoms with E-state index in [-0.39, 0.29) is 0 Å². The normalized spacial score (nSPS) is 14.4. The third kappa shape index (κ3) is 5.41. The second-order valence-corrected chi connectivity index (χ2v) is 5.51. The van der Waals surface area contributed by atoms with Crippen LogP contribution in [0.25, 0.3) is 0 Å². The van der Waals surface area contributed by atoms with Gasteiger partial charge in [-0.2, -0.15) is 0 Å². The predicted octanol–water partition coefficient (Wildman–Crippen LogP) is 5.35. The van der Waals surface area contributed by atoms with Crippen LogP contribution in [0.2, 0.25) is 5.02 Å². The van der Waals surface area contributed by atoms with Gasteiger partial charge in [0.2, 0.25) is 0 Å². The average molecular weight is 268 g/mol. The average Bonchev–Trinajstić information content (AvgIpc) is 2.37. The molecule has 1 aromatic rings. The molecule has 2 heteroatoms. The Bertz CT molecular complexity index is 320. The van der Waals surface area contributed by atoms with Crippen molar-refractivity contribution in [1.82, 2.24) is 5.32 Å². The molecule has 0 fully saturated rings. The standard InChI is InChI=1S/C16H26ClN/c1-4-6-7-8-13(3)18-16(5-2)14-9-11-15(17)12-10-14/h9-13,16,18H,4-8H2,1-3H3. The van der Waals surface area contributed by atoms with Gasteiger partial charge in [-0.3, -0.25) is 0 Å². The lowest BCUT2D eigenvalue weighted by molar-refractivity contribution is 0.415. The Morgan fingerprint density at radius 1 is 1.11 bits per heavy atom. The van der Waals surface area contributed by atoms with Crippen LogP contribution in [0.15, 0.2) is 24.3 Å². The van der Waals surface area contributed by atoms with E-state index >= 15 is 0 Å². The third-order valence-electron chi connectivity index (χ3n) is 3.41. The first-order valence-corrected chi connectivity index (χ1v) is 7.56. The smallest absolute Gasteiger partial charge is 0.0406 e. The van der Waals surface area contributed by atoms with Crippen LogP contribution >= 0.6 is 11.6 Å². The van der Waals surface area contributed by atoms with Crippen molar-refractivity contribution in [1.29, 1.82) is 0 Å². The van der Waals surface area contributed by atoms with Gasteiger partial charge in [-0.05, 0) is 37.5 Å². The first-order chi connectivity index (χ1) is 8.67. The second kappa shape index (κ2) is 8.55. The van der Waals surface area contributed by atoms with Crippen molar-refractivity contribution >= 4 is 11.6 Å². The number of hydrogen-bond acceptors (Lipinski definition) is 1. The van der Waals surface area contributed by atoms with Crippen molar-refractivity contribution in [3.63, 3.8) is 0 Å². The molecule has 0 radical (unpaired) electrons. The SMILES string of the molecule is CCCCCC(C)NC(CC)c1ccc(Cl)cc1. The molecule has 2 atom stereocenters. The lowest BCUT2D eigenvalue weighted by Crippen LogP contribution is -2.30. The second-order valence-electron chi connectivity index (χ2n) is 5.08. The van der Waals surface area contributed by atoms with E-state index in [0.29, 0.717) is 12.1 Å². The third-order valence-corrected chi connectivity index (χ3v) is 3.66. The highest BCUT2D eigenvalue weighted by molar-refractivity contribution is 6.30. The fourth-order valence-electron chi connectivity index (χ4n) is 2.27. The van der Waals surface area contributed by atoms with E-state index in [0.717, 1.165) is 11.4 Å². The van der Waals surface area contributed by atoms with Crippen LogP contribution in [0.1, 0.15) is 64.5 Å². The minimum atomic E-state index is 0.443. The van der Waals surface area contributed by atoms with Crippen LogP contribution in [-0.2, 0) is 0 Å². The van der Waals surface area contributed by atoms with E-state index in [4.69, 9.17) is 11.6 Å². The van der Waals surface area contributed by atoms with Crippen molar-refractivity contribution in [2.45, 2.75) is 65.0 Å². The number of benzene rings is 1. The monoisotopic (exact) mass is 267 g/mol. The van der Waals surface area contributed by atoms with Gasteiger partial charge in [0.1, 0.15) is 0 Å². The minimum absolute atomic E-state index is 0.443. The molecular weight excluding hydrogens is 242 g/mol. The first kappa shape index (κ1) is 15.5. The fourth-order valence-corrected chi connectivity index (χ4v) is 2.40. The molecule has 0 aliphatic heterocycles. The maximum Gasteiger partial charge on any atom is 0.0406 e. The van der Waals surface area contributed by atoms with Gasteiger partial charge in [0.05, 0.1) is 0 Å². The van der Waals surface area contributed by atoms with E-state index in [9.17, 15) is 0 Å². The molecule has 0 spiro atoms. The summed E-state index contributed by atoms with van der Waals surface area (Å²) in [5.41, 5.74) is 1.34. The van der Waals surface area contributed by atoms with Crippen LogP contribution in [0.3, 0.4) is 0 Å². The highest BCUT2D eigenvalue weighted by Gasteiger charge is 2.11. The Morgan fingerprint density at radius 2 is 1.78 bits per heavy atom. The molecule has 1 nitrogen and oxygen atoms in total. The zero-order chi connectivity index (χ0) is 13.4. The van der Waals surface area contributed by atoms with Gasteiger partial charge in [0, 0.05) is 17.1 Å². The number of nitrogens with one attached hydrogen (secondary N) is 1. The lowest BCUT2D eigenvalue weighted by atomic mass is 10.0. The maximum atomic E-state index is 5.93. The topological polar surface area (TPSA) is 12.0 Å². The van der Waals surface area contributed by atoms with E-state index < -0.39 is 0 Å². The summed E-state index contributed by atoms with van der Waals surface area (Å²) in [4.78, 5) is 0. The minimum Gasteiger partial charge on any atom is -0.307 e. The molecule has 0 bridgehead atoms. The molecule has 0 saturated carbocycles. The van der Waals surface area contributed by atoms with Gasteiger partial charge < -0.3 is 5.32 Å². The first-order valence-electron chi connectivity index (χ1n) is 7.18. The van der Waals surface area contributed by atoms with Crippen molar-refractivity contribution < 1.29 is 0 Å². The van der Waals surface area contributed by atoms with Crippen molar-refractivity contribution in [3.05, 3.63) is 34.9 Å². The number of hydrogen-bond donors (Lipinski definition) is 1. The zero-order valence-electron chi connectivity index (χ0n) is 11.9. The predicted molar refractivity (Wildman–Crippen MR) is 81.2 cm³/mol. The molecule has 0 heterocycles. The molecule has 0 aliphatic rings. The highest BCUT2D eigenvalue weighted by Crippen LogP contribution is 2.20. The highest BCUT2D eigenvalue weighted by atomic mass is 35.5. The van der Waals surface area contributed by atoms with Gasteiger partial charge in [-0.15, -0.1) is 0 Å². The molecule has 0 saturated heterocycles. The molecule has 1 aromatic carbocycles. The lowest BCUT2D eigenvalue weighted by Gasteiger charge is -2.23. The van der Waals surface area contributed by atoms with Crippen LogP contribution in [0.5, 0.6) is 0 Å². The Morgan fingerprint density at radius 3 is 2.33 bits per heavy atom.